The maximum absolute atomic E-state index is 5.34. The van der Waals surface area contributed by atoms with Gasteiger partial charge in [-0.05, 0) is 36.8 Å². The van der Waals surface area contributed by atoms with Gasteiger partial charge in [-0.1, -0.05) is 18.2 Å². The molecule has 2 rings (SSSR count). The molecule has 0 saturated heterocycles. The molecule has 3 nitrogen and oxygen atoms in total. The lowest BCUT2D eigenvalue weighted by atomic mass is 10.1. The third-order valence-corrected chi connectivity index (χ3v) is 3.10. The van der Waals surface area contributed by atoms with Crippen molar-refractivity contribution in [1.29, 1.82) is 0 Å². The van der Waals surface area contributed by atoms with Crippen LogP contribution in [-0.2, 0) is 6.54 Å². The molecule has 0 fully saturated rings. The van der Waals surface area contributed by atoms with Crippen LogP contribution >= 0.6 is 0 Å². The third kappa shape index (κ3) is 3.19. The highest BCUT2D eigenvalue weighted by Crippen LogP contribution is 2.23. The molecule has 3 heteroatoms. The number of hydrogen-bond donors (Lipinski definition) is 1. The second-order valence-corrected chi connectivity index (χ2v) is 4.35. The molecule has 0 saturated carbocycles. The fraction of sp³-hybridized carbons (Fsp3) is 0.250. The zero-order valence-corrected chi connectivity index (χ0v) is 11.6. The first-order valence-corrected chi connectivity index (χ1v) is 6.25. The molecule has 0 radical (unpaired) electrons. The monoisotopic (exact) mass is 257 g/mol. The molecule has 0 heterocycles. The van der Waals surface area contributed by atoms with Gasteiger partial charge in [-0.25, -0.2) is 0 Å². The summed E-state index contributed by atoms with van der Waals surface area (Å²) in [6, 6.07) is 14.0. The van der Waals surface area contributed by atoms with Gasteiger partial charge < -0.3 is 14.8 Å². The van der Waals surface area contributed by atoms with Crippen LogP contribution in [0, 0.1) is 6.92 Å². The third-order valence-electron chi connectivity index (χ3n) is 3.10. The van der Waals surface area contributed by atoms with Gasteiger partial charge >= 0.3 is 0 Å². The van der Waals surface area contributed by atoms with E-state index in [0.717, 1.165) is 34.9 Å². The van der Waals surface area contributed by atoms with Crippen LogP contribution in [0.4, 0.5) is 5.69 Å². The molecule has 1 N–H and O–H groups in total. The van der Waals surface area contributed by atoms with Crippen LogP contribution in [0.15, 0.2) is 42.5 Å². The molecule has 2 aromatic rings. The van der Waals surface area contributed by atoms with Crippen molar-refractivity contribution < 1.29 is 9.47 Å². The average molecular weight is 257 g/mol. The quantitative estimate of drug-likeness (QED) is 0.887. The highest BCUT2D eigenvalue weighted by atomic mass is 16.5. The van der Waals surface area contributed by atoms with E-state index >= 15 is 0 Å². The van der Waals surface area contributed by atoms with Gasteiger partial charge in [-0.15, -0.1) is 0 Å². The van der Waals surface area contributed by atoms with Crippen molar-refractivity contribution in [3.8, 4) is 11.5 Å². The smallest absolute Gasteiger partial charge is 0.123 e. The number of ether oxygens (including phenoxy) is 2. The number of rotatable bonds is 5. The second kappa shape index (κ2) is 6.14. The molecule has 2 aromatic carbocycles. The van der Waals surface area contributed by atoms with Gasteiger partial charge in [0.15, 0.2) is 0 Å². The van der Waals surface area contributed by atoms with Crippen LogP contribution in [-0.4, -0.2) is 14.2 Å². The van der Waals surface area contributed by atoms with Crippen molar-refractivity contribution in [2.24, 2.45) is 0 Å². The Balaban J connectivity index is 2.10. The van der Waals surface area contributed by atoms with E-state index in [1.54, 1.807) is 14.2 Å². The van der Waals surface area contributed by atoms with Crippen molar-refractivity contribution in [3.63, 3.8) is 0 Å². The van der Waals surface area contributed by atoms with Crippen molar-refractivity contribution in [2.45, 2.75) is 13.5 Å². The van der Waals surface area contributed by atoms with Gasteiger partial charge in [0, 0.05) is 17.8 Å². The summed E-state index contributed by atoms with van der Waals surface area (Å²) in [6.45, 7) is 2.80. The predicted molar refractivity (Wildman–Crippen MR) is 78.1 cm³/mol. The Kier molecular flexibility index (Phi) is 4.29. The molecular formula is C16H19NO2. The van der Waals surface area contributed by atoms with E-state index < -0.39 is 0 Å². The fourth-order valence-electron chi connectivity index (χ4n) is 2.00. The first-order chi connectivity index (χ1) is 9.24. The summed E-state index contributed by atoms with van der Waals surface area (Å²) in [5, 5.41) is 3.42. The molecule has 0 spiro atoms. The van der Waals surface area contributed by atoms with Gasteiger partial charge in [0.05, 0.1) is 14.2 Å². The minimum atomic E-state index is 0.733. The van der Waals surface area contributed by atoms with E-state index in [2.05, 4.69) is 18.3 Å². The summed E-state index contributed by atoms with van der Waals surface area (Å²) < 4.78 is 10.5. The minimum absolute atomic E-state index is 0.733. The summed E-state index contributed by atoms with van der Waals surface area (Å²) >= 11 is 0. The summed E-state index contributed by atoms with van der Waals surface area (Å²) in [4.78, 5) is 0. The molecule has 0 aliphatic heterocycles. The van der Waals surface area contributed by atoms with Crippen molar-refractivity contribution in [1.82, 2.24) is 0 Å². The molecule has 19 heavy (non-hydrogen) atoms. The molecular weight excluding hydrogens is 238 g/mol. The molecule has 100 valence electrons. The summed E-state index contributed by atoms with van der Waals surface area (Å²) in [5.41, 5.74) is 3.40. The molecule has 0 aromatic heterocycles. The van der Waals surface area contributed by atoms with Crippen LogP contribution in [0.25, 0.3) is 0 Å². The molecule has 0 amide bonds. The van der Waals surface area contributed by atoms with E-state index in [4.69, 9.17) is 9.47 Å². The molecule has 0 bridgehead atoms. The number of benzene rings is 2. The summed E-state index contributed by atoms with van der Waals surface area (Å²) in [5.74, 6) is 1.78. The van der Waals surface area contributed by atoms with Gasteiger partial charge in [-0.3, -0.25) is 0 Å². The Bertz CT molecular complexity index is 552. The van der Waals surface area contributed by atoms with Crippen molar-refractivity contribution >= 4 is 5.69 Å². The Hall–Kier alpha value is -2.16. The molecule has 0 aliphatic rings. The average Bonchev–Trinajstić information content (AvgIpc) is 2.46. The first kappa shape index (κ1) is 13.3. The predicted octanol–water partition coefficient (Wildman–Crippen LogP) is 3.62. The normalized spacial score (nSPS) is 10.1. The zero-order chi connectivity index (χ0) is 13.7. The van der Waals surface area contributed by atoms with Crippen LogP contribution in [0.3, 0.4) is 0 Å². The lowest BCUT2D eigenvalue weighted by Crippen LogP contribution is -2.03. The van der Waals surface area contributed by atoms with Crippen molar-refractivity contribution in [3.05, 3.63) is 53.6 Å². The molecule has 0 atom stereocenters. The zero-order valence-electron chi connectivity index (χ0n) is 11.6. The number of methoxy groups -OCH3 is 2. The van der Waals surface area contributed by atoms with Gasteiger partial charge in [-0.2, -0.15) is 0 Å². The molecule has 0 aliphatic carbocycles. The fourth-order valence-corrected chi connectivity index (χ4v) is 2.00. The highest BCUT2D eigenvalue weighted by molar-refractivity contribution is 5.54. The Morgan fingerprint density at radius 2 is 1.79 bits per heavy atom. The summed E-state index contributed by atoms with van der Waals surface area (Å²) in [6.07, 6.45) is 0. The number of para-hydroxylation sites is 1. The molecule has 0 unspecified atom stereocenters. The number of hydrogen-bond acceptors (Lipinski definition) is 3. The van der Waals surface area contributed by atoms with Crippen LogP contribution in [0.5, 0.6) is 11.5 Å². The minimum Gasteiger partial charge on any atom is -0.497 e. The van der Waals surface area contributed by atoms with Crippen LogP contribution in [0.2, 0.25) is 0 Å². The van der Waals surface area contributed by atoms with Gasteiger partial charge in [0.1, 0.15) is 11.5 Å². The first-order valence-electron chi connectivity index (χ1n) is 6.25. The Morgan fingerprint density at radius 3 is 2.47 bits per heavy atom. The summed E-state index contributed by atoms with van der Waals surface area (Å²) in [7, 11) is 3.37. The van der Waals surface area contributed by atoms with Crippen molar-refractivity contribution in [2.75, 3.05) is 19.5 Å². The Labute approximate surface area is 114 Å². The lowest BCUT2D eigenvalue weighted by Gasteiger charge is -2.13. The Morgan fingerprint density at radius 1 is 1.00 bits per heavy atom. The topological polar surface area (TPSA) is 30.5 Å². The van der Waals surface area contributed by atoms with E-state index in [1.807, 2.05) is 36.4 Å². The van der Waals surface area contributed by atoms with E-state index in [9.17, 15) is 0 Å². The number of anilines is 1. The van der Waals surface area contributed by atoms with Crippen LogP contribution in [0.1, 0.15) is 11.1 Å². The van der Waals surface area contributed by atoms with Gasteiger partial charge in [0.2, 0.25) is 0 Å². The highest BCUT2D eigenvalue weighted by Gasteiger charge is 2.03. The van der Waals surface area contributed by atoms with E-state index in [1.165, 1.54) is 0 Å². The number of nitrogens with one attached hydrogen (secondary N) is 1. The van der Waals surface area contributed by atoms with E-state index in [-0.39, 0.29) is 0 Å². The number of aryl methyl sites for hydroxylation is 1. The maximum Gasteiger partial charge on any atom is 0.123 e. The van der Waals surface area contributed by atoms with Crippen LogP contribution < -0.4 is 14.8 Å². The lowest BCUT2D eigenvalue weighted by molar-refractivity contribution is 0.410. The SMILES string of the molecule is COc1ccc(NCc2ccccc2OC)c(C)c1. The standard InChI is InChI=1S/C16H19NO2/c1-12-10-14(18-2)8-9-15(12)17-11-13-6-4-5-7-16(13)19-3/h4-10,17H,11H2,1-3H3. The maximum atomic E-state index is 5.34. The van der Waals surface area contributed by atoms with Gasteiger partial charge in [0.25, 0.3) is 0 Å². The van der Waals surface area contributed by atoms with E-state index in [0.29, 0.717) is 0 Å². The largest absolute Gasteiger partial charge is 0.497 e. The second-order valence-electron chi connectivity index (χ2n) is 4.35.